The van der Waals surface area contributed by atoms with Gasteiger partial charge in [-0.1, -0.05) is 30.3 Å². The topological polar surface area (TPSA) is 129 Å². The zero-order valence-corrected chi connectivity index (χ0v) is 16.6. The third-order valence-corrected chi connectivity index (χ3v) is 5.60. The molecule has 0 radical (unpaired) electrons. The van der Waals surface area contributed by atoms with Gasteiger partial charge in [-0.05, 0) is 24.3 Å². The van der Waals surface area contributed by atoms with E-state index in [1.807, 2.05) is 6.07 Å². The average Bonchev–Trinajstić information content (AvgIpc) is 3.01. The van der Waals surface area contributed by atoms with Crippen LogP contribution in [-0.4, -0.2) is 45.8 Å². The zero-order valence-electron chi connectivity index (χ0n) is 15.8. The Morgan fingerprint density at radius 1 is 1.10 bits per heavy atom. The number of amides is 1. The molecule has 9 nitrogen and oxygen atoms in total. The molecule has 3 rings (SSSR count). The fourth-order valence-electron chi connectivity index (χ4n) is 2.80. The summed E-state index contributed by atoms with van der Waals surface area (Å²) in [4.78, 5) is 29.7. The minimum Gasteiger partial charge on any atom is -0.455 e. The van der Waals surface area contributed by atoms with E-state index in [1.165, 1.54) is 11.0 Å². The zero-order chi connectivity index (χ0) is 21.6. The number of hydrogen-bond acceptors (Lipinski definition) is 7. The molecule has 0 spiro atoms. The lowest BCUT2D eigenvalue weighted by molar-refractivity contribution is -0.147. The Labute approximate surface area is 173 Å². The van der Waals surface area contributed by atoms with Crippen LogP contribution in [0.25, 0.3) is 0 Å². The maximum atomic E-state index is 12.3. The number of carbonyl (C=O) groups is 2. The van der Waals surface area contributed by atoms with Gasteiger partial charge in [-0.2, -0.15) is 5.26 Å². The molecule has 1 aliphatic rings. The minimum atomic E-state index is -3.64. The number of carbonyl (C=O) groups excluding carboxylic acids is 2. The molecule has 154 valence electrons. The summed E-state index contributed by atoms with van der Waals surface area (Å²) < 4.78 is 31.4. The molecular weight excluding hydrogens is 408 g/mol. The van der Waals surface area contributed by atoms with Crippen LogP contribution in [0.3, 0.4) is 0 Å². The first-order valence-electron chi connectivity index (χ1n) is 8.97. The molecule has 30 heavy (non-hydrogen) atoms. The van der Waals surface area contributed by atoms with Crippen molar-refractivity contribution < 1.29 is 22.7 Å². The van der Waals surface area contributed by atoms with Crippen molar-refractivity contribution >= 4 is 33.4 Å². The molecule has 0 bridgehead atoms. The van der Waals surface area contributed by atoms with Gasteiger partial charge >= 0.3 is 5.97 Å². The molecule has 2 aromatic rings. The SMILES string of the molecule is N#CCN(C(=O)COC(=O)CCN=C1NS(=O)(=O)c2ccccc21)c1ccccc1. The van der Waals surface area contributed by atoms with Crippen LogP contribution in [0.5, 0.6) is 0 Å². The lowest BCUT2D eigenvalue weighted by atomic mass is 10.2. The third-order valence-electron chi connectivity index (χ3n) is 4.20. The van der Waals surface area contributed by atoms with Crippen LogP contribution >= 0.6 is 0 Å². The molecule has 0 aromatic heterocycles. The number of para-hydroxylation sites is 1. The molecule has 0 unspecified atom stereocenters. The smallest absolute Gasteiger partial charge is 0.308 e. The number of ether oxygens (including phenoxy) is 1. The van der Waals surface area contributed by atoms with Gasteiger partial charge < -0.3 is 4.74 Å². The molecule has 0 saturated heterocycles. The number of aliphatic imine (C=N–C) groups is 1. The number of esters is 1. The maximum Gasteiger partial charge on any atom is 0.308 e. The van der Waals surface area contributed by atoms with E-state index >= 15 is 0 Å². The van der Waals surface area contributed by atoms with Crippen molar-refractivity contribution in [3.63, 3.8) is 0 Å². The van der Waals surface area contributed by atoms with Crippen molar-refractivity contribution in [1.29, 1.82) is 5.26 Å². The van der Waals surface area contributed by atoms with E-state index < -0.39 is 28.5 Å². The maximum absolute atomic E-state index is 12.3. The van der Waals surface area contributed by atoms with Crippen molar-refractivity contribution in [2.45, 2.75) is 11.3 Å². The predicted octanol–water partition coefficient (Wildman–Crippen LogP) is 1.22. The second-order valence-corrected chi connectivity index (χ2v) is 7.87. The molecule has 1 aliphatic heterocycles. The lowest BCUT2D eigenvalue weighted by Crippen LogP contribution is -2.35. The molecule has 0 aliphatic carbocycles. The first-order valence-corrected chi connectivity index (χ1v) is 10.5. The van der Waals surface area contributed by atoms with Crippen LogP contribution in [0.2, 0.25) is 0 Å². The average molecular weight is 426 g/mol. The van der Waals surface area contributed by atoms with Gasteiger partial charge in [0.15, 0.2) is 6.61 Å². The van der Waals surface area contributed by atoms with Crippen LogP contribution in [0.4, 0.5) is 5.69 Å². The van der Waals surface area contributed by atoms with Gasteiger partial charge in [-0.25, -0.2) is 8.42 Å². The van der Waals surface area contributed by atoms with Gasteiger partial charge in [0, 0.05) is 11.3 Å². The Hall–Kier alpha value is -3.71. The summed E-state index contributed by atoms with van der Waals surface area (Å²) >= 11 is 0. The standard InChI is InChI=1S/C20H18N4O5S/c21-11-13-24(15-6-2-1-3-7-15)18(25)14-29-19(26)10-12-22-20-16-8-4-5-9-17(16)30(27,28)23-20/h1-9H,10,12-14H2,(H,22,23). The summed E-state index contributed by atoms with van der Waals surface area (Å²) in [5.41, 5.74) is 0.967. The van der Waals surface area contributed by atoms with Gasteiger partial charge in [0.1, 0.15) is 12.4 Å². The van der Waals surface area contributed by atoms with E-state index in [1.54, 1.807) is 48.5 Å². The number of nitrogens with zero attached hydrogens (tertiary/aromatic N) is 3. The lowest BCUT2D eigenvalue weighted by Gasteiger charge is -2.19. The number of rotatable bonds is 7. The minimum absolute atomic E-state index is 0.0141. The molecule has 0 atom stereocenters. The van der Waals surface area contributed by atoms with E-state index in [4.69, 9.17) is 10.00 Å². The molecule has 1 heterocycles. The van der Waals surface area contributed by atoms with Crippen LogP contribution in [0.15, 0.2) is 64.5 Å². The Morgan fingerprint density at radius 3 is 2.53 bits per heavy atom. The molecule has 1 amide bonds. The fourth-order valence-corrected chi connectivity index (χ4v) is 4.06. The molecule has 10 heteroatoms. The number of sulfonamides is 1. The number of nitriles is 1. The van der Waals surface area contributed by atoms with Gasteiger partial charge in [-0.3, -0.25) is 24.2 Å². The molecular formula is C20H18N4O5S. The van der Waals surface area contributed by atoms with Crippen molar-refractivity contribution in [2.75, 3.05) is 24.6 Å². The summed E-state index contributed by atoms with van der Waals surface area (Å²) in [6.07, 6.45) is -0.135. The molecule has 1 N–H and O–H groups in total. The highest BCUT2D eigenvalue weighted by molar-refractivity contribution is 7.90. The summed E-state index contributed by atoms with van der Waals surface area (Å²) in [5.74, 6) is -1.02. The number of anilines is 1. The summed E-state index contributed by atoms with van der Waals surface area (Å²) in [5, 5.41) is 8.94. The number of nitrogens with one attached hydrogen (secondary N) is 1. The molecule has 2 aromatic carbocycles. The van der Waals surface area contributed by atoms with Crippen molar-refractivity contribution in [3.8, 4) is 6.07 Å². The van der Waals surface area contributed by atoms with Gasteiger partial charge in [0.2, 0.25) is 0 Å². The van der Waals surface area contributed by atoms with Gasteiger partial charge in [-0.15, -0.1) is 0 Å². The highest BCUT2D eigenvalue weighted by Gasteiger charge is 2.30. The van der Waals surface area contributed by atoms with Crippen LogP contribution < -0.4 is 9.62 Å². The first kappa shape index (κ1) is 21.0. The quantitative estimate of drug-likeness (QED) is 0.523. The van der Waals surface area contributed by atoms with E-state index in [0.717, 1.165) is 0 Å². The van der Waals surface area contributed by atoms with E-state index in [-0.39, 0.29) is 30.2 Å². The number of amidine groups is 1. The predicted molar refractivity (Wildman–Crippen MR) is 108 cm³/mol. The normalized spacial score (nSPS) is 15.0. The molecule has 0 fully saturated rings. The number of hydrogen-bond donors (Lipinski definition) is 1. The number of fused-ring (bicyclic) bond motifs is 1. The Kier molecular flexibility index (Phi) is 6.44. The number of benzene rings is 2. The van der Waals surface area contributed by atoms with E-state index in [2.05, 4.69) is 9.71 Å². The largest absolute Gasteiger partial charge is 0.455 e. The Morgan fingerprint density at radius 2 is 1.80 bits per heavy atom. The monoisotopic (exact) mass is 426 g/mol. The summed E-state index contributed by atoms with van der Waals surface area (Å²) in [7, 11) is -3.64. The molecule has 0 saturated carbocycles. The van der Waals surface area contributed by atoms with Crippen LogP contribution in [0.1, 0.15) is 12.0 Å². The highest BCUT2D eigenvalue weighted by Crippen LogP contribution is 2.22. The Bertz CT molecular complexity index is 1120. The fraction of sp³-hybridized carbons (Fsp3) is 0.200. The summed E-state index contributed by atoms with van der Waals surface area (Å²) in [6.45, 7) is -0.700. The second-order valence-electron chi connectivity index (χ2n) is 6.22. The Balaban J connectivity index is 1.54. The van der Waals surface area contributed by atoms with Gasteiger partial charge in [0.05, 0.1) is 23.9 Å². The highest BCUT2D eigenvalue weighted by atomic mass is 32.2. The van der Waals surface area contributed by atoms with Crippen LogP contribution in [-0.2, 0) is 24.3 Å². The second kappa shape index (κ2) is 9.19. The van der Waals surface area contributed by atoms with Crippen molar-refractivity contribution in [1.82, 2.24) is 4.72 Å². The van der Waals surface area contributed by atoms with Gasteiger partial charge in [0.25, 0.3) is 15.9 Å². The van der Waals surface area contributed by atoms with Crippen molar-refractivity contribution in [3.05, 3.63) is 60.2 Å². The third kappa shape index (κ3) is 4.82. The summed E-state index contributed by atoms with van der Waals surface area (Å²) in [6, 6.07) is 16.9. The van der Waals surface area contributed by atoms with Crippen LogP contribution in [0, 0.1) is 11.3 Å². The van der Waals surface area contributed by atoms with E-state index in [0.29, 0.717) is 11.3 Å². The van der Waals surface area contributed by atoms with E-state index in [9.17, 15) is 18.0 Å². The van der Waals surface area contributed by atoms with Crippen molar-refractivity contribution in [2.24, 2.45) is 4.99 Å². The first-order chi connectivity index (χ1) is 14.4.